The lowest BCUT2D eigenvalue weighted by molar-refractivity contribution is -0.117. The Labute approximate surface area is 94.4 Å². The van der Waals surface area contributed by atoms with Crippen LogP contribution in [0.15, 0.2) is 0 Å². The maximum Gasteiger partial charge on any atom is 0.129 e. The minimum absolute atomic E-state index is 0.255. The second-order valence-corrected chi connectivity index (χ2v) is 3.92. The van der Waals surface area contributed by atoms with E-state index in [2.05, 4.69) is 6.92 Å². The first kappa shape index (κ1) is 16.8. The van der Waals surface area contributed by atoms with Gasteiger partial charge in [0, 0.05) is 12.8 Å². The molecule has 0 aliphatic rings. The highest BCUT2D eigenvalue weighted by Gasteiger charge is 1.92. The summed E-state index contributed by atoms with van der Waals surface area (Å²) in [6.45, 7) is 7.30. The highest BCUT2D eigenvalue weighted by Crippen LogP contribution is 2.04. The van der Waals surface area contributed by atoms with Crippen molar-refractivity contribution in [3.05, 3.63) is 0 Å². The minimum Gasteiger partial charge on any atom is -0.300 e. The fourth-order valence-corrected chi connectivity index (χ4v) is 0.977. The lowest BCUT2D eigenvalue weighted by Gasteiger charge is -1.95. The van der Waals surface area contributed by atoms with Crippen molar-refractivity contribution in [1.29, 1.82) is 0 Å². The molecule has 0 amide bonds. The zero-order valence-corrected chi connectivity index (χ0v) is 10.8. The number of unbranched alkanes of at least 4 members (excludes halogenated alkanes) is 4. The Balaban J connectivity index is 0. The number of ketones is 2. The highest BCUT2D eigenvalue weighted by atomic mass is 16.1. The third kappa shape index (κ3) is 24.7. The molecule has 0 bridgehead atoms. The Morgan fingerprint density at radius 1 is 0.800 bits per heavy atom. The molecule has 0 aliphatic heterocycles. The SMILES string of the molecule is CCC(C)=O.CCCCCCCC(C)=O. The van der Waals surface area contributed by atoms with Crippen molar-refractivity contribution in [2.75, 3.05) is 0 Å². The second-order valence-electron chi connectivity index (χ2n) is 3.92. The van der Waals surface area contributed by atoms with E-state index in [1.807, 2.05) is 6.92 Å². The Morgan fingerprint density at radius 2 is 1.27 bits per heavy atom. The molecule has 0 aromatic rings. The van der Waals surface area contributed by atoms with Crippen LogP contribution in [-0.2, 0) is 9.59 Å². The van der Waals surface area contributed by atoms with Gasteiger partial charge in [0.15, 0.2) is 0 Å². The van der Waals surface area contributed by atoms with Crippen LogP contribution in [-0.4, -0.2) is 11.6 Å². The third-order valence-corrected chi connectivity index (χ3v) is 2.13. The molecule has 0 rings (SSSR count). The van der Waals surface area contributed by atoms with E-state index in [4.69, 9.17) is 0 Å². The van der Waals surface area contributed by atoms with Gasteiger partial charge >= 0.3 is 0 Å². The number of hydrogen-bond acceptors (Lipinski definition) is 2. The van der Waals surface area contributed by atoms with E-state index >= 15 is 0 Å². The molecule has 0 fully saturated rings. The monoisotopic (exact) mass is 214 g/mol. The number of Topliss-reactive ketones (excluding diaryl/α,β-unsaturated/α-hetero) is 2. The van der Waals surface area contributed by atoms with Crippen molar-refractivity contribution >= 4 is 11.6 Å². The molecule has 0 heterocycles. The first-order valence-corrected chi connectivity index (χ1v) is 6.03. The van der Waals surface area contributed by atoms with Crippen molar-refractivity contribution < 1.29 is 9.59 Å². The summed E-state index contributed by atoms with van der Waals surface area (Å²) in [7, 11) is 0. The summed E-state index contributed by atoms with van der Waals surface area (Å²) in [5, 5.41) is 0. The molecule has 0 spiro atoms. The van der Waals surface area contributed by atoms with Crippen molar-refractivity contribution in [2.24, 2.45) is 0 Å². The van der Waals surface area contributed by atoms with Crippen molar-refractivity contribution in [3.63, 3.8) is 0 Å². The smallest absolute Gasteiger partial charge is 0.129 e. The Morgan fingerprint density at radius 3 is 1.60 bits per heavy atom. The molecular weight excluding hydrogens is 188 g/mol. The van der Waals surface area contributed by atoms with Gasteiger partial charge in [-0.25, -0.2) is 0 Å². The molecule has 0 atom stereocenters. The molecule has 0 N–H and O–H groups in total. The number of carbonyl (C=O) groups excluding carboxylic acids is 2. The lowest BCUT2D eigenvalue weighted by atomic mass is 10.1. The van der Waals surface area contributed by atoms with E-state index in [-0.39, 0.29) is 5.78 Å². The van der Waals surface area contributed by atoms with Gasteiger partial charge in [-0.15, -0.1) is 0 Å². The first-order valence-electron chi connectivity index (χ1n) is 6.03. The van der Waals surface area contributed by atoms with E-state index in [0.29, 0.717) is 12.2 Å². The van der Waals surface area contributed by atoms with Gasteiger partial charge in [0.05, 0.1) is 0 Å². The van der Waals surface area contributed by atoms with E-state index in [9.17, 15) is 9.59 Å². The van der Waals surface area contributed by atoms with Crippen LogP contribution >= 0.6 is 0 Å². The van der Waals surface area contributed by atoms with Crippen LogP contribution in [0.5, 0.6) is 0 Å². The fraction of sp³-hybridized carbons (Fsp3) is 0.846. The zero-order chi connectivity index (χ0) is 12.1. The van der Waals surface area contributed by atoms with Gasteiger partial charge in [-0.1, -0.05) is 39.5 Å². The van der Waals surface area contributed by atoms with E-state index in [0.717, 1.165) is 12.8 Å². The lowest BCUT2D eigenvalue weighted by Crippen LogP contribution is -1.88. The molecule has 2 heteroatoms. The van der Waals surface area contributed by atoms with Gasteiger partial charge in [0.1, 0.15) is 11.6 Å². The summed E-state index contributed by atoms with van der Waals surface area (Å²) in [5.41, 5.74) is 0. The molecule has 15 heavy (non-hydrogen) atoms. The normalized spacial score (nSPS) is 9.07. The minimum atomic E-state index is 0.255. The maximum absolute atomic E-state index is 10.5. The van der Waals surface area contributed by atoms with Crippen molar-refractivity contribution in [1.82, 2.24) is 0 Å². The van der Waals surface area contributed by atoms with Crippen molar-refractivity contribution in [2.45, 2.75) is 72.6 Å². The number of hydrogen-bond donors (Lipinski definition) is 0. The van der Waals surface area contributed by atoms with Gasteiger partial charge in [-0.05, 0) is 20.3 Å². The van der Waals surface area contributed by atoms with Crippen LogP contribution < -0.4 is 0 Å². The summed E-state index contributed by atoms with van der Waals surface area (Å²) in [4.78, 5) is 20.3. The molecule has 0 radical (unpaired) electrons. The number of carbonyl (C=O) groups is 2. The largest absolute Gasteiger partial charge is 0.300 e. The summed E-state index contributed by atoms with van der Waals surface area (Å²) < 4.78 is 0. The molecule has 0 aromatic carbocycles. The second kappa shape index (κ2) is 13.3. The van der Waals surface area contributed by atoms with Crippen LogP contribution in [0, 0.1) is 0 Å². The Hall–Kier alpha value is -0.660. The molecule has 2 nitrogen and oxygen atoms in total. The molecule has 0 saturated carbocycles. The zero-order valence-electron chi connectivity index (χ0n) is 10.8. The van der Waals surface area contributed by atoms with Gasteiger partial charge in [0.2, 0.25) is 0 Å². The Kier molecular flexibility index (Phi) is 14.9. The average molecular weight is 214 g/mol. The van der Waals surface area contributed by atoms with Crippen molar-refractivity contribution in [3.8, 4) is 0 Å². The molecule has 0 aromatic heterocycles. The highest BCUT2D eigenvalue weighted by molar-refractivity contribution is 5.75. The predicted molar refractivity (Wildman–Crippen MR) is 65.0 cm³/mol. The Bertz CT molecular complexity index is 162. The molecule has 90 valence electrons. The quantitative estimate of drug-likeness (QED) is 0.602. The van der Waals surface area contributed by atoms with Crippen LogP contribution in [0.25, 0.3) is 0 Å². The average Bonchev–Trinajstić information content (AvgIpc) is 2.18. The first-order chi connectivity index (χ1) is 7.04. The molecular formula is C13H26O2. The molecule has 0 aliphatic carbocycles. The summed E-state index contributed by atoms with van der Waals surface area (Å²) >= 11 is 0. The van der Waals surface area contributed by atoms with Gasteiger partial charge in [-0.3, -0.25) is 0 Å². The summed E-state index contributed by atoms with van der Waals surface area (Å²) in [6, 6.07) is 0. The van der Waals surface area contributed by atoms with Crippen LogP contribution in [0.3, 0.4) is 0 Å². The standard InChI is InChI=1S/C9H18O.C4H8O/c1-3-4-5-6-7-8-9(2)10;1-3-4(2)5/h3-8H2,1-2H3;3H2,1-2H3. The summed E-state index contributed by atoms with van der Waals surface area (Å²) in [6.07, 6.45) is 7.66. The van der Waals surface area contributed by atoms with E-state index < -0.39 is 0 Å². The van der Waals surface area contributed by atoms with Crippen LogP contribution in [0.4, 0.5) is 0 Å². The summed E-state index contributed by atoms with van der Waals surface area (Å²) in [5.74, 6) is 0.585. The van der Waals surface area contributed by atoms with Gasteiger partial charge < -0.3 is 9.59 Å². The van der Waals surface area contributed by atoms with E-state index in [1.54, 1.807) is 13.8 Å². The van der Waals surface area contributed by atoms with Gasteiger partial charge in [0.25, 0.3) is 0 Å². The topological polar surface area (TPSA) is 34.1 Å². The maximum atomic E-state index is 10.5. The van der Waals surface area contributed by atoms with Gasteiger partial charge in [-0.2, -0.15) is 0 Å². The molecule has 0 unspecified atom stereocenters. The molecule has 0 saturated heterocycles. The third-order valence-electron chi connectivity index (χ3n) is 2.13. The predicted octanol–water partition coefficient (Wildman–Crippen LogP) is 3.92. The van der Waals surface area contributed by atoms with Crippen LogP contribution in [0.2, 0.25) is 0 Å². The number of rotatable bonds is 7. The fourth-order valence-electron chi connectivity index (χ4n) is 0.977. The van der Waals surface area contributed by atoms with Crippen LogP contribution in [0.1, 0.15) is 72.6 Å². The van der Waals surface area contributed by atoms with E-state index in [1.165, 1.54) is 25.7 Å².